The lowest BCUT2D eigenvalue weighted by Crippen LogP contribution is -2.60. The van der Waals surface area contributed by atoms with Crippen molar-refractivity contribution in [2.45, 2.75) is 24.9 Å². The van der Waals surface area contributed by atoms with Gasteiger partial charge < -0.3 is 19.9 Å². The van der Waals surface area contributed by atoms with E-state index in [2.05, 4.69) is 26.0 Å². The van der Waals surface area contributed by atoms with Gasteiger partial charge in [-0.2, -0.15) is 0 Å². The number of fused-ring (bicyclic) bond motifs is 3. The molecule has 1 fully saturated rings. The summed E-state index contributed by atoms with van der Waals surface area (Å²) < 4.78 is 33.9. The average molecular weight is 480 g/mol. The summed E-state index contributed by atoms with van der Waals surface area (Å²) in [7, 11) is 0. The molecule has 1 saturated heterocycles. The first-order valence-corrected chi connectivity index (χ1v) is 10.8. The van der Waals surface area contributed by atoms with Crippen LogP contribution in [0.25, 0.3) is 0 Å². The van der Waals surface area contributed by atoms with Crippen LogP contribution in [0, 0.1) is 18.6 Å². The molecule has 2 amide bonds. The van der Waals surface area contributed by atoms with Crippen molar-refractivity contribution in [2.24, 2.45) is 0 Å². The number of amides is 2. The minimum Gasteiger partial charge on any atom is -0.376 e. The average Bonchev–Trinajstić information content (AvgIpc) is 3.12. The summed E-state index contributed by atoms with van der Waals surface area (Å²) in [5.74, 6) is -4.36. The molecule has 3 N–H and O–H groups in total. The number of hydrogen-bond donors (Lipinski definition) is 3. The number of carbonyl (C=O) groups excluding carboxylic acids is 3. The van der Waals surface area contributed by atoms with Crippen molar-refractivity contribution in [2.75, 3.05) is 18.5 Å². The number of ether oxygens (including phenoxy) is 1. The maximum Gasteiger partial charge on any atom is 0.293 e. The van der Waals surface area contributed by atoms with E-state index in [1.165, 1.54) is 12.3 Å². The third-order valence-corrected chi connectivity index (χ3v) is 6.63. The van der Waals surface area contributed by atoms with E-state index in [1.54, 1.807) is 11.5 Å². The highest BCUT2D eigenvalue weighted by molar-refractivity contribution is 6.44. The highest BCUT2D eigenvalue weighted by Crippen LogP contribution is 2.48. The second-order valence-corrected chi connectivity index (χ2v) is 8.83. The summed E-state index contributed by atoms with van der Waals surface area (Å²) in [6.45, 7) is 1.87. The predicted molar refractivity (Wildman–Crippen MR) is 116 cm³/mol. The zero-order chi connectivity index (χ0) is 24.5. The van der Waals surface area contributed by atoms with Crippen LogP contribution in [0.4, 0.5) is 14.5 Å². The van der Waals surface area contributed by atoms with Gasteiger partial charge in [-0.25, -0.2) is 8.78 Å². The summed E-state index contributed by atoms with van der Waals surface area (Å²) in [4.78, 5) is 39.6. The Hall–Kier alpha value is -4.19. The van der Waals surface area contributed by atoms with Gasteiger partial charge in [-0.05, 0) is 30.2 Å². The van der Waals surface area contributed by atoms with Crippen molar-refractivity contribution < 1.29 is 27.9 Å². The van der Waals surface area contributed by atoms with E-state index < -0.39 is 34.8 Å². The maximum atomic E-state index is 13.6. The maximum absolute atomic E-state index is 13.6. The third kappa shape index (κ3) is 3.21. The van der Waals surface area contributed by atoms with Crippen molar-refractivity contribution in [3.8, 4) is 0 Å². The van der Waals surface area contributed by atoms with Gasteiger partial charge in [-0.15, -0.1) is 5.10 Å². The molecule has 0 bridgehead atoms. The van der Waals surface area contributed by atoms with E-state index in [9.17, 15) is 23.2 Å². The summed E-state index contributed by atoms with van der Waals surface area (Å²) >= 11 is 0. The Labute approximate surface area is 196 Å². The van der Waals surface area contributed by atoms with Crippen LogP contribution in [0.1, 0.15) is 43.8 Å². The summed E-state index contributed by atoms with van der Waals surface area (Å²) in [5.41, 5.74) is 1.84. The molecule has 0 unspecified atom stereocenters. The van der Waals surface area contributed by atoms with Crippen LogP contribution in [0.3, 0.4) is 0 Å². The van der Waals surface area contributed by atoms with E-state index in [1.807, 2.05) is 6.08 Å². The number of anilines is 1. The van der Waals surface area contributed by atoms with Crippen LogP contribution in [0.15, 0.2) is 36.0 Å². The number of ketones is 1. The van der Waals surface area contributed by atoms with Crippen molar-refractivity contribution >= 4 is 23.3 Å². The minimum absolute atomic E-state index is 0.0657. The quantitative estimate of drug-likeness (QED) is 0.280. The fraction of sp³-hybridized carbons (Fsp3) is 0.261. The zero-order valence-electron chi connectivity index (χ0n) is 18.3. The SMILES string of the molecule is Cc1c(C(=O)C(=O)NC2(c3c[nH]nn3)COC2)c2n(c1C(=O)Nc1ccc(F)c(F)c1)[C@@H]1C=C1C2. The fourth-order valence-electron chi connectivity index (χ4n) is 4.76. The minimum atomic E-state index is -1.10. The molecule has 1 atom stereocenters. The molecule has 1 aliphatic carbocycles. The molecular formula is C23H18F2N6O4. The Morgan fingerprint density at radius 2 is 2.03 bits per heavy atom. The molecule has 35 heavy (non-hydrogen) atoms. The molecule has 6 rings (SSSR count). The van der Waals surface area contributed by atoms with Crippen LogP contribution >= 0.6 is 0 Å². The predicted octanol–water partition coefficient (Wildman–Crippen LogP) is 1.71. The molecule has 178 valence electrons. The number of benzene rings is 1. The van der Waals surface area contributed by atoms with Gasteiger partial charge in [-0.3, -0.25) is 19.5 Å². The number of nitrogens with one attached hydrogen (secondary N) is 3. The second kappa shape index (κ2) is 7.40. The number of nitrogens with zero attached hydrogens (tertiary/aromatic N) is 3. The normalized spacial score (nSPS) is 18.7. The molecule has 0 saturated carbocycles. The van der Waals surface area contributed by atoms with E-state index in [4.69, 9.17) is 4.74 Å². The van der Waals surface area contributed by atoms with E-state index >= 15 is 0 Å². The van der Waals surface area contributed by atoms with Gasteiger partial charge in [0, 0.05) is 30.1 Å². The lowest BCUT2D eigenvalue weighted by Gasteiger charge is -2.39. The first-order chi connectivity index (χ1) is 16.8. The molecule has 0 radical (unpaired) electrons. The molecule has 3 aliphatic rings. The number of Topliss-reactive ketones (excluding diaryl/α,β-unsaturated/α-hetero) is 1. The van der Waals surface area contributed by atoms with Gasteiger partial charge in [0.05, 0.1) is 24.8 Å². The Bertz CT molecular complexity index is 1450. The lowest BCUT2D eigenvalue weighted by atomic mass is 9.92. The summed E-state index contributed by atoms with van der Waals surface area (Å²) in [6.07, 6.45) is 3.92. The van der Waals surface area contributed by atoms with Gasteiger partial charge in [0.2, 0.25) is 0 Å². The number of aromatic amines is 1. The molecule has 12 heteroatoms. The number of rotatable bonds is 6. The Balaban J connectivity index is 1.32. The third-order valence-electron chi connectivity index (χ3n) is 6.63. The standard InChI is InChI=1S/C23H18F2N6O4/c1-10-18(20(32)22(34)28-23(8-35-9-23)17-7-26-30-29-17)16-5-11-4-15(11)31(16)19(10)21(33)27-12-2-3-13(24)14(25)6-12/h2-4,6-7,15H,5,8-9H2,1H3,(H,27,33)(H,28,34)(H,26,29,30)/t15-/m1/s1. The van der Waals surface area contributed by atoms with Gasteiger partial charge in [0.15, 0.2) is 11.6 Å². The largest absolute Gasteiger partial charge is 0.376 e. The topological polar surface area (TPSA) is 131 Å². The summed E-state index contributed by atoms with van der Waals surface area (Å²) in [6, 6.07) is 2.89. The number of H-pyrrole nitrogens is 1. The molecule has 10 nitrogen and oxygen atoms in total. The van der Waals surface area contributed by atoms with Crippen LogP contribution < -0.4 is 10.6 Å². The Morgan fingerprint density at radius 3 is 2.69 bits per heavy atom. The molecule has 4 heterocycles. The van der Waals surface area contributed by atoms with E-state index in [0.29, 0.717) is 23.4 Å². The van der Waals surface area contributed by atoms with Crippen molar-refractivity contribution in [3.63, 3.8) is 0 Å². The van der Waals surface area contributed by atoms with Crippen molar-refractivity contribution in [3.05, 3.63) is 75.9 Å². The highest BCUT2D eigenvalue weighted by atomic mass is 19.2. The molecule has 3 aromatic rings. The van der Waals surface area contributed by atoms with E-state index in [0.717, 1.165) is 17.7 Å². The Morgan fingerprint density at radius 1 is 1.23 bits per heavy atom. The Kier molecular flexibility index (Phi) is 4.52. The fourth-order valence-corrected chi connectivity index (χ4v) is 4.76. The molecular weight excluding hydrogens is 462 g/mol. The van der Waals surface area contributed by atoms with Gasteiger partial charge >= 0.3 is 0 Å². The first kappa shape index (κ1) is 21.4. The highest BCUT2D eigenvalue weighted by Gasteiger charge is 2.47. The summed E-state index contributed by atoms with van der Waals surface area (Å²) in [5, 5.41) is 15.5. The van der Waals surface area contributed by atoms with Crippen molar-refractivity contribution in [1.82, 2.24) is 25.3 Å². The van der Waals surface area contributed by atoms with Crippen LogP contribution in [-0.4, -0.2) is 50.8 Å². The van der Waals surface area contributed by atoms with E-state index in [-0.39, 0.29) is 36.2 Å². The zero-order valence-corrected chi connectivity index (χ0v) is 18.3. The lowest BCUT2D eigenvalue weighted by molar-refractivity contribution is -0.130. The van der Waals surface area contributed by atoms with Crippen LogP contribution in [-0.2, 0) is 21.5 Å². The number of aromatic nitrogens is 4. The molecule has 2 aliphatic heterocycles. The number of hydrogen-bond acceptors (Lipinski definition) is 6. The molecule has 0 spiro atoms. The number of allylic oxidation sites excluding steroid dienone is 2. The van der Waals surface area contributed by atoms with Crippen molar-refractivity contribution in [1.29, 1.82) is 0 Å². The molecule has 1 aromatic carbocycles. The van der Waals surface area contributed by atoms with Crippen LogP contribution in [0.2, 0.25) is 0 Å². The van der Waals surface area contributed by atoms with Gasteiger partial charge in [-0.1, -0.05) is 11.3 Å². The first-order valence-electron chi connectivity index (χ1n) is 10.8. The van der Waals surface area contributed by atoms with Gasteiger partial charge in [0.25, 0.3) is 17.6 Å². The molecule has 2 aromatic heterocycles. The second-order valence-electron chi connectivity index (χ2n) is 8.83. The van der Waals surface area contributed by atoms with Crippen LogP contribution in [0.5, 0.6) is 0 Å². The number of carbonyl (C=O) groups is 3. The smallest absolute Gasteiger partial charge is 0.293 e. The number of halogens is 2. The monoisotopic (exact) mass is 480 g/mol. The van der Waals surface area contributed by atoms with Gasteiger partial charge in [0.1, 0.15) is 16.9 Å².